The summed E-state index contributed by atoms with van der Waals surface area (Å²) in [5, 5.41) is 0. The summed E-state index contributed by atoms with van der Waals surface area (Å²) in [7, 11) is 0. The van der Waals surface area contributed by atoms with Gasteiger partial charge in [0.05, 0.1) is 5.92 Å². The Morgan fingerprint density at radius 3 is 2.14 bits per heavy atom. The van der Waals surface area contributed by atoms with Gasteiger partial charge in [0.15, 0.2) is 0 Å². The molecule has 0 saturated carbocycles. The van der Waals surface area contributed by atoms with E-state index in [9.17, 15) is 22.8 Å². The van der Waals surface area contributed by atoms with Crippen molar-refractivity contribution in [2.24, 2.45) is 17.8 Å². The molecule has 0 aliphatic carbocycles. The second-order valence-electron chi connectivity index (χ2n) is 6.82. The number of alkyl halides is 3. The minimum absolute atomic E-state index is 0.123. The SMILES string of the molecule is CC(C)CN(CC(C)C)C(=O)[C@@H]1CC(=O)N(CC(F)(F)F)C1. The zero-order valence-corrected chi connectivity index (χ0v) is 13.6. The molecule has 1 aliphatic heterocycles. The van der Waals surface area contributed by atoms with Gasteiger partial charge in [0.2, 0.25) is 11.8 Å². The van der Waals surface area contributed by atoms with E-state index in [4.69, 9.17) is 0 Å². The van der Waals surface area contributed by atoms with Crippen LogP contribution in [-0.2, 0) is 9.59 Å². The van der Waals surface area contributed by atoms with Gasteiger partial charge in [-0.2, -0.15) is 13.2 Å². The monoisotopic (exact) mass is 322 g/mol. The predicted octanol–water partition coefficient (Wildman–Crippen LogP) is 2.54. The Morgan fingerprint density at radius 2 is 1.73 bits per heavy atom. The molecule has 0 N–H and O–H groups in total. The van der Waals surface area contributed by atoms with Gasteiger partial charge in [0.25, 0.3) is 0 Å². The van der Waals surface area contributed by atoms with Crippen LogP contribution < -0.4 is 0 Å². The van der Waals surface area contributed by atoms with Crippen LogP contribution in [0.1, 0.15) is 34.1 Å². The van der Waals surface area contributed by atoms with E-state index in [2.05, 4.69) is 0 Å². The smallest absolute Gasteiger partial charge is 0.342 e. The predicted molar refractivity (Wildman–Crippen MR) is 77.0 cm³/mol. The summed E-state index contributed by atoms with van der Waals surface area (Å²) in [6.45, 7) is 7.63. The second kappa shape index (κ2) is 7.33. The molecule has 1 rings (SSSR count). The Morgan fingerprint density at radius 1 is 1.23 bits per heavy atom. The summed E-state index contributed by atoms with van der Waals surface area (Å²) in [4.78, 5) is 26.7. The Balaban J connectivity index is 2.72. The topological polar surface area (TPSA) is 40.6 Å². The molecule has 0 bridgehead atoms. The van der Waals surface area contributed by atoms with Gasteiger partial charge in [0, 0.05) is 26.1 Å². The number of amides is 2. The van der Waals surface area contributed by atoms with Gasteiger partial charge >= 0.3 is 6.18 Å². The number of carbonyl (C=O) groups excluding carboxylic acids is 2. The highest BCUT2D eigenvalue weighted by Crippen LogP contribution is 2.25. The molecule has 4 nitrogen and oxygen atoms in total. The van der Waals surface area contributed by atoms with Crippen molar-refractivity contribution in [3.8, 4) is 0 Å². The molecule has 1 fully saturated rings. The van der Waals surface area contributed by atoms with Crippen LogP contribution in [0.3, 0.4) is 0 Å². The van der Waals surface area contributed by atoms with Crippen LogP contribution in [0.2, 0.25) is 0 Å². The summed E-state index contributed by atoms with van der Waals surface area (Å²) in [5.41, 5.74) is 0. The van der Waals surface area contributed by atoms with Crippen LogP contribution in [0.15, 0.2) is 0 Å². The summed E-state index contributed by atoms with van der Waals surface area (Å²) >= 11 is 0. The first-order valence-corrected chi connectivity index (χ1v) is 7.63. The molecule has 0 aromatic rings. The highest BCUT2D eigenvalue weighted by atomic mass is 19.4. The average Bonchev–Trinajstić information content (AvgIpc) is 2.65. The number of halogens is 3. The van der Waals surface area contributed by atoms with E-state index in [0.717, 1.165) is 4.90 Å². The number of rotatable bonds is 6. The molecule has 0 aromatic carbocycles. The number of carbonyl (C=O) groups is 2. The van der Waals surface area contributed by atoms with E-state index in [1.165, 1.54) is 0 Å². The standard InChI is InChI=1S/C15H25F3N2O2/c1-10(2)6-19(7-11(3)4)14(22)12-5-13(21)20(8-12)9-15(16,17)18/h10-12H,5-9H2,1-4H3/t12-/m1/s1. The van der Waals surface area contributed by atoms with Gasteiger partial charge in [-0.05, 0) is 11.8 Å². The fraction of sp³-hybridized carbons (Fsp3) is 0.867. The molecule has 0 aromatic heterocycles. The number of hydrogen-bond acceptors (Lipinski definition) is 2. The minimum atomic E-state index is -4.43. The summed E-state index contributed by atoms with van der Waals surface area (Å²) in [5.74, 6) is -0.922. The van der Waals surface area contributed by atoms with Crippen LogP contribution in [-0.4, -0.2) is 54.0 Å². The third kappa shape index (κ3) is 5.85. The van der Waals surface area contributed by atoms with E-state index in [1.54, 1.807) is 4.90 Å². The van der Waals surface area contributed by atoms with Crippen LogP contribution >= 0.6 is 0 Å². The van der Waals surface area contributed by atoms with Crippen LogP contribution in [0.25, 0.3) is 0 Å². The van der Waals surface area contributed by atoms with Crippen molar-refractivity contribution < 1.29 is 22.8 Å². The summed E-state index contributed by atoms with van der Waals surface area (Å²) in [6.07, 6.45) is -4.55. The van der Waals surface area contributed by atoms with Crippen molar-refractivity contribution in [2.45, 2.75) is 40.3 Å². The van der Waals surface area contributed by atoms with E-state index in [-0.39, 0.29) is 30.7 Å². The molecule has 2 amide bonds. The van der Waals surface area contributed by atoms with Crippen molar-refractivity contribution in [1.82, 2.24) is 9.80 Å². The van der Waals surface area contributed by atoms with Crippen LogP contribution in [0.4, 0.5) is 13.2 Å². The van der Waals surface area contributed by atoms with Gasteiger partial charge in [-0.1, -0.05) is 27.7 Å². The first kappa shape index (κ1) is 18.8. The van der Waals surface area contributed by atoms with Crippen molar-refractivity contribution >= 4 is 11.8 Å². The molecule has 128 valence electrons. The zero-order valence-electron chi connectivity index (χ0n) is 13.6. The molecule has 1 saturated heterocycles. The Labute approximate surface area is 129 Å². The van der Waals surface area contributed by atoms with Gasteiger partial charge in [-0.3, -0.25) is 9.59 Å². The molecule has 0 radical (unpaired) electrons. The first-order valence-electron chi connectivity index (χ1n) is 7.63. The van der Waals surface area contributed by atoms with Crippen molar-refractivity contribution in [3.63, 3.8) is 0 Å². The Hall–Kier alpha value is -1.27. The lowest BCUT2D eigenvalue weighted by atomic mass is 10.0. The first-order chi connectivity index (χ1) is 9.99. The number of likely N-dealkylation sites (tertiary alicyclic amines) is 1. The van der Waals surface area contributed by atoms with Gasteiger partial charge in [-0.15, -0.1) is 0 Å². The molecule has 1 heterocycles. The van der Waals surface area contributed by atoms with Crippen molar-refractivity contribution in [1.29, 1.82) is 0 Å². The molecule has 7 heteroatoms. The van der Waals surface area contributed by atoms with Gasteiger partial charge in [0.1, 0.15) is 6.54 Å². The largest absolute Gasteiger partial charge is 0.406 e. The lowest BCUT2D eigenvalue weighted by Crippen LogP contribution is -2.42. The quantitative estimate of drug-likeness (QED) is 0.754. The maximum Gasteiger partial charge on any atom is 0.406 e. The summed E-state index contributed by atoms with van der Waals surface area (Å²) < 4.78 is 37.3. The second-order valence-corrected chi connectivity index (χ2v) is 6.82. The fourth-order valence-corrected chi connectivity index (χ4v) is 2.70. The third-order valence-electron chi connectivity index (χ3n) is 3.42. The minimum Gasteiger partial charge on any atom is -0.342 e. The average molecular weight is 322 g/mol. The maximum atomic E-state index is 12.5. The molecule has 22 heavy (non-hydrogen) atoms. The molecular formula is C15H25F3N2O2. The van der Waals surface area contributed by atoms with Crippen molar-refractivity contribution in [3.05, 3.63) is 0 Å². The van der Waals surface area contributed by atoms with Crippen LogP contribution in [0, 0.1) is 17.8 Å². The maximum absolute atomic E-state index is 12.5. The van der Waals surface area contributed by atoms with Gasteiger partial charge in [-0.25, -0.2) is 0 Å². The molecule has 1 atom stereocenters. The Kier molecular flexibility index (Phi) is 6.26. The number of nitrogens with zero attached hydrogens (tertiary/aromatic N) is 2. The van der Waals surface area contributed by atoms with E-state index in [0.29, 0.717) is 13.1 Å². The van der Waals surface area contributed by atoms with E-state index in [1.807, 2.05) is 27.7 Å². The zero-order chi connectivity index (χ0) is 17.1. The number of hydrogen-bond donors (Lipinski definition) is 0. The van der Waals surface area contributed by atoms with Crippen LogP contribution in [0.5, 0.6) is 0 Å². The fourth-order valence-electron chi connectivity index (χ4n) is 2.70. The van der Waals surface area contributed by atoms with Crippen molar-refractivity contribution in [2.75, 3.05) is 26.2 Å². The molecular weight excluding hydrogens is 297 g/mol. The molecule has 1 aliphatic rings. The summed E-state index contributed by atoms with van der Waals surface area (Å²) in [6, 6.07) is 0. The highest BCUT2D eigenvalue weighted by molar-refractivity contribution is 5.89. The molecule has 0 spiro atoms. The third-order valence-corrected chi connectivity index (χ3v) is 3.42. The Bertz CT molecular complexity index is 398. The van der Waals surface area contributed by atoms with E-state index < -0.39 is 24.5 Å². The van der Waals surface area contributed by atoms with E-state index >= 15 is 0 Å². The molecule has 0 unspecified atom stereocenters. The lowest BCUT2D eigenvalue weighted by molar-refractivity contribution is -0.157. The normalized spacial score (nSPS) is 19.4. The van der Waals surface area contributed by atoms with Gasteiger partial charge < -0.3 is 9.80 Å². The lowest BCUT2D eigenvalue weighted by Gasteiger charge is -2.29. The highest BCUT2D eigenvalue weighted by Gasteiger charge is 2.41.